The average Bonchev–Trinajstić information content (AvgIpc) is 2.79. The van der Waals surface area contributed by atoms with Crippen molar-refractivity contribution in [1.82, 2.24) is 9.78 Å². The first-order chi connectivity index (χ1) is 10.0. The number of benzene rings is 1. The van der Waals surface area contributed by atoms with Crippen molar-refractivity contribution in [3.8, 4) is 5.75 Å². The summed E-state index contributed by atoms with van der Waals surface area (Å²) in [5.74, 6) is 0.735. The molecular formula is C16H21ClN2O2. The van der Waals surface area contributed by atoms with E-state index < -0.39 is 6.10 Å². The summed E-state index contributed by atoms with van der Waals surface area (Å²) in [5.41, 5.74) is 1.37. The normalized spacial score (nSPS) is 12.7. The van der Waals surface area contributed by atoms with E-state index in [-0.39, 0.29) is 6.10 Å². The molecule has 1 atom stereocenters. The predicted molar refractivity (Wildman–Crippen MR) is 83.8 cm³/mol. The Balaban J connectivity index is 2.31. The van der Waals surface area contributed by atoms with Crippen LogP contribution >= 0.6 is 11.6 Å². The highest BCUT2D eigenvalue weighted by Crippen LogP contribution is 2.30. The summed E-state index contributed by atoms with van der Waals surface area (Å²) in [6, 6.07) is 7.44. The standard InChI is InChI=1S/C16H21ClN2O2/c1-4-8-19-15(14(17)10-18-19)16(20)12-6-5-7-13(9-12)21-11(2)3/h5-7,9-11,16,20H,4,8H2,1-3H3. The molecule has 114 valence electrons. The van der Waals surface area contributed by atoms with E-state index in [1.165, 1.54) is 0 Å². The van der Waals surface area contributed by atoms with Gasteiger partial charge in [0.05, 0.1) is 23.0 Å². The lowest BCUT2D eigenvalue weighted by Gasteiger charge is -2.16. The van der Waals surface area contributed by atoms with Crippen molar-refractivity contribution in [1.29, 1.82) is 0 Å². The zero-order chi connectivity index (χ0) is 15.4. The van der Waals surface area contributed by atoms with Crippen LogP contribution in [0, 0.1) is 0 Å². The highest BCUT2D eigenvalue weighted by Gasteiger charge is 2.20. The minimum absolute atomic E-state index is 0.0894. The Morgan fingerprint density at radius 3 is 2.81 bits per heavy atom. The van der Waals surface area contributed by atoms with E-state index in [4.69, 9.17) is 16.3 Å². The van der Waals surface area contributed by atoms with Crippen molar-refractivity contribution in [3.63, 3.8) is 0 Å². The van der Waals surface area contributed by atoms with E-state index in [1.807, 2.05) is 38.1 Å². The number of nitrogens with zero attached hydrogens (tertiary/aromatic N) is 2. The van der Waals surface area contributed by atoms with Crippen molar-refractivity contribution in [2.24, 2.45) is 0 Å². The molecule has 4 nitrogen and oxygen atoms in total. The fourth-order valence-corrected chi connectivity index (χ4v) is 2.47. The number of aromatic nitrogens is 2. The van der Waals surface area contributed by atoms with Crippen LogP contribution < -0.4 is 4.74 Å². The number of rotatable bonds is 6. The maximum atomic E-state index is 10.6. The lowest BCUT2D eigenvalue weighted by atomic mass is 10.1. The summed E-state index contributed by atoms with van der Waals surface area (Å²) < 4.78 is 7.42. The van der Waals surface area contributed by atoms with Crippen LogP contribution in [0.3, 0.4) is 0 Å². The second kappa shape index (κ2) is 6.96. The lowest BCUT2D eigenvalue weighted by Crippen LogP contribution is -2.11. The maximum absolute atomic E-state index is 10.6. The zero-order valence-electron chi connectivity index (χ0n) is 12.6. The Kier molecular flexibility index (Phi) is 5.26. The monoisotopic (exact) mass is 308 g/mol. The van der Waals surface area contributed by atoms with Gasteiger partial charge < -0.3 is 9.84 Å². The predicted octanol–water partition coefficient (Wildman–Crippen LogP) is 3.82. The summed E-state index contributed by atoms with van der Waals surface area (Å²) in [7, 11) is 0. The molecule has 1 heterocycles. The third-order valence-corrected chi connectivity index (χ3v) is 3.36. The van der Waals surface area contributed by atoms with Gasteiger partial charge in [0.1, 0.15) is 11.9 Å². The van der Waals surface area contributed by atoms with Crippen molar-refractivity contribution < 1.29 is 9.84 Å². The van der Waals surface area contributed by atoms with Gasteiger partial charge in [0.15, 0.2) is 0 Å². The van der Waals surface area contributed by atoms with Crippen LogP contribution in [0.15, 0.2) is 30.5 Å². The molecule has 5 heteroatoms. The van der Waals surface area contributed by atoms with E-state index in [0.717, 1.165) is 24.3 Å². The molecule has 0 aliphatic heterocycles. The van der Waals surface area contributed by atoms with Crippen LogP contribution in [0.4, 0.5) is 0 Å². The average molecular weight is 309 g/mol. The van der Waals surface area contributed by atoms with Crippen LogP contribution in [0.25, 0.3) is 0 Å². The van der Waals surface area contributed by atoms with Crippen LogP contribution in [0.2, 0.25) is 5.02 Å². The van der Waals surface area contributed by atoms with Gasteiger partial charge in [-0.15, -0.1) is 0 Å². The number of hydrogen-bond donors (Lipinski definition) is 1. The first kappa shape index (κ1) is 15.9. The summed E-state index contributed by atoms with van der Waals surface area (Å²) in [6.45, 7) is 6.72. The van der Waals surface area contributed by atoms with Gasteiger partial charge in [0.2, 0.25) is 0 Å². The Bertz CT molecular complexity index is 596. The van der Waals surface area contributed by atoms with E-state index >= 15 is 0 Å². The van der Waals surface area contributed by atoms with Gasteiger partial charge in [-0.2, -0.15) is 5.10 Å². The quantitative estimate of drug-likeness (QED) is 0.882. The maximum Gasteiger partial charge on any atom is 0.122 e. The van der Waals surface area contributed by atoms with Crippen molar-refractivity contribution in [2.45, 2.75) is 45.9 Å². The first-order valence-electron chi connectivity index (χ1n) is 7.18. The molecule has 1 unspecified atom stereocenters. The number of halogens is 1. The van der Waals surface area contributed by atoms with Gasteiger partial charge in [0.25, 0.3) is 0 Å². The second-order valence-corrected chi connectivity index (χ2v) is 5.65. The van der Waals surface area contributed by atoms with Gasteiger partial charge >= 0.3 is 0 Å². The molecule has 0 bridgehead atoms. The minimum Gasteiger partial charge on any atom is -0.491 e. The molecular weight excluding hydrogens is 288 g/mol. The smallest absolute Gasteiger partial charge is 0.122 e. The third-order valence-electron chi connectivity index (χ3n) is 3.07. The minimum atomic E-state index is -0.817. The SMILES string of the molecule is CCCn1ncc(Cl)c1C(O)c1cccc(OC(C)C)c1. The van der Waals surface area contributed by atoms with E-state index in [9.17, 15) is 5.11 Å². The topological polar surface area (TPSA) is 47.3 Å². The largest absolute Gasteiger partial charge is 0.491 e. The van der Waals surface area contributed by atoms with Crippen molar-refractivity contribution in [3.05, 3.63) is 46.7 Å². The molecule has 0 spiro atoms. The van der Waals surface area contributed by atoms with Gasteiger partial charge in [-0.25, -0.2) is 0 Å². The molecule has 0 saturated carbocycles. The first-order valence-corrected chi connectivity index (χ1v) is 7.56. The van der Waals surface area contributed by atoms with Crippen LogP contribution in [-0.2, 0) is 6.54 Å². The van der Waals surface area contributed by atoms with E-state index in [2.05, 4.69) is 12.0 Å². The summed E-state index contributed by atoms with van der Waals surface area (Å²) in [4.78, 5) is 0. The molecule has 0 radical (unpaired) electrons. The number of aliphatic hydroxyl groups excluding tert-OH is 1. The molecule has 2 aromatic rings. The molecule has 1 N–H and O–H groups in total. The van der Waals surface area contributed by atoms with E-state index in [0.29, 0.717) is 10.7 Å². The van der Waals surface area contributed by atoms with Crippen LogP contribution in [0.1, 0.15) is 44.6 Å². The second-order valence-electron chi connectivity index (χ2n) is 5.24. The Morgan fingerprint density at radius 2 is 2.14 bits per heavy atom. The fraction of sp³-hybridized carbons (Fsp3) is 0.438. The lowest BCUT2D eigenvalue weighted by molar-refractivity contribution is 0.205. The zero-order valence-corrected chi connectivity index (χ0v) is 13.3. The molecule has 21 heavy (non-hydrogen) atoms. The molecule has 0 amide bonds. The number of ether oxygens (including phenoxy) is 1. The van der Waals surface area contributed by atoms with Gasteiger partial charge in [-0.05, 0) is 38.0 Å². The molecule has 0 aliphatic carbocycles. The van der Waals surface area contributed by atoms with Crippen LogP contribution in [0.5, 0.6) is 5.75 Å². The Labute approximate surface area is 130 Å². The molecule has 0 aliphatic rings. The molecule has 0 fully saturated rings. The van der Waals surface area contributed by atoms with Crippen LogP contribution in [-0.4, -0.2) is 21.0 Å². The number of hydrogen-bond acceptors (Lipinski definition) is 3. The highest BCUT2D eigenvalue weighted by molar-refractivity contribution is 6.31. The molecule has 2 rings (SSSR count). The van der Waals surface area contributed by atoms with Gasteiger partial charge in [0, 0.05) is 6.54 Å². The third kappa shape index (κ3) is 3.77. The van der Waals surface area contributed by atoms with Gasteiger partial charge in [-0.3, -0.25) is 4.68 Å². The van der Waals surface area contributed by atoms with E-state index in [1.54, 1.807) is 10.9 Å². The molecule has 1 aromatic heterocycles. The molecule has 0 saturated heterocycles. The Morgan fingerprint density at radius 1 is 1.38 bits per heavy atom. The summed E-state index contributed by atoms with van der Waals surface area (Å²) in [6.07, 6.45) is 1.77. The van der Waals surface area contributed by atoms with Crippen molar-refractivity contribution in [2.75, 3.05) is 0 Å². The number of aryl methyl sites for hydroxylation is 1. The summed E-state index contributed by atoms with van der Waals surface area (Å²) in [5, 5.41) is 15.3. The highest BCUT2D eigenvalue weighted by atomic mass is 35.5. The van der Waals surface area contributed by atoms with Crippen molar-refractivity contribution >= 4 is 11.6 Å². The summed E-state index contributed by atoms with van der Waals surface area (Å²) >= 11 is 6.17. The van der Waals surface area contributed by atoms with Gasteiger partial charge in [-0.1, -0.05) is 30.7 Å². The number of aliphatic hydroxyl groups is 1. The Hall–Kier alpha value is -1.52. The fourth-order valence-electron chi connectivity index (χ4n) is 2.22. The molecule has 1 aromatic carbocycles.